The van der Waals surface area contributed by atoms with Gasteiger partial charge in [-0.3, -0.25) is 4.79 Å². The Morgan fingerprint density at radius 1 is 1.18 bits per heavy atom. The average molecular weight is 339 g/mol. The van der Waals surface area contributed by atoms with Crippen LogP contribution in [0.15, 0.2) is 0 Å². The highest BCUT2D eigenvalue weighted by atomic mass is 32.2. The summed E-state index contributed by atoms with van der Waals surface area (Å²) in [4.78, 5) is 13.5. The molecule has 3 rings (SSSR count). The van der Waals surface area contributed by atoms with Crippen molar-refractivity contribution in [2.24, 2.45) is 11.3 Å². The lowest BCUT2D eigenvalue weighted by atomic mass is 9.58. The predicted molar refractivity (Wildman–Crippen MR) is 73.8 cm³/mol. The first-order chi connectivity index (χ1) is 10.1. The fourth-order valence-electron chi connectivity index (χ4n) is 3.83. The van der Waals surface area contributed by atoms with E-state index in [1.807, 2.05) is 0 Å². The molecule has 1 amide bonds. The van der Waals surface area contributed by atoms with Crippen molar-refractivity contribution in [1.82, 2.24) is 4.90 Å². The van der Waals surface area contributed by atoms with E-state index >= 15 is 0 Å². The van der Waals surface area contributed by atoms with Gasteiger partial charge >= 0.3 is 6.18 Å². The number of rotatable bonds is 3. The van der Waals surface area contributed by atoms with Crippen LogP contribution < -0.4 is 0 Å². The van der Waals surface area contributed by atoms with Crippen molar-refractivity contribution in [3.05, 3.63) is 0 Å². The molecule has 0 aromatic heterocycles. The Morgan fingerprint density at radius 3 is 2.27 bits per heavy atom. The highest BCUT2D eigenvalue weighted by Crippen LogP contribution is 2.56. The number of piperidine rings is 1. The zero-order chi connectivity index (χ0) is 16.2. The lowest BCUT2D eigenvalue weighted by Crippen LogP contribution is -2.58. The summed E-state index contributed by atoms with van der Waals surface area (Å²) in [6.45, 7) is 0.0567. The van der Waals surface area contributed by atoms with E-state index in [0.717, 1.165) is 6.42 Å². The molecule has 0 N–H and O–H groups in total. The minimum absolute atomic E-state index is 0.00491. The Kier molecular flexibility index (Phi) is 3.73. The van der Waals surface area contributed by atoms with Crippen molar-refractivity contribution >= 4 is 15.7 Å². The number of carbonyl (C=O) groups is 1. The maximum Gasteiger partial charge on any atom is 0.392 e. The van der Waals surface area contributed by atoms with Crippen molar-refractivity contribution in [2.45, 2.75) is 50.0 Å². The second-order valence-corrected chi connectivity index (χ2v) is 9.20. The van der Waals surface area contributed by atoms with Crippen LogP contribution >= 0.6 is 0 Å². The fourth-order valence-corrected chi connectivity index (χ4v) is 5.45. The number of amides is 1. The molecule has 0 aromatic carbocycles. The first-order valence-corrected chi connectivity index (χ1v) is 9.42. The van der Waals surface area contributed by atoms with Gasteiger partial charge < -0.3 is 4.90 Å². The number of hydrogen-bond acceptors (Lipinski definition) is 3. The van der Waals surface area contributed by atoms with Gasteiger partial charge in [0.2, 0.25) is 5.91 Å². The van der Waals surface area contributed by atoms with Crippen LogP contribution in [0.3, 0.4) is 0 Å². The van der Waals surface area contributed by atoms with E-state index in [1.165, 1.54) is 4.90 Å². The standard InChI is InChI=1S/C14H20F3NO3S/c15-14(16,17)11-4-7-18(9-13(11)5-1-6-13)12(19)8-22(20,21)10-2-3-10/h10-11H,1-9H2. The Labute approximate surface area is 128 Å². The van der Waals surface area contributed by atoms with Crippen LogP contribution in [0.4, 0.5) is 13.2 Å². The topological polar surface area (TPSA) is 54.5 Å². The maximum atomic E-state index is 13.2. The molecule has 1 heterocycles. The second-order valence-electron chi connectivity index (χ2n) is 6.92. The summed E-state index contributed by atoms with van der Waals surface area (Å²) < 4.78 is 63.3. The lowest BCUT2D eigenvalue weighted by Gasteiger charge is -2.54. The monoisotopic (exact) mass is 339 g/mol. The summed E-state index contributed by atoms with van der Waals surface area (Å²) in [7, 11) is -3.42. The molecule has 126 valence electrons. The summed E-state index contributed by atoms with van der Waals surface area (Å²) in [6, 6.07) is 0. The molecule has 4 nitrogen and oxygen atoms in total. The van der Waals surface area contributed by atoms with Crippen LogP contribution in [0.25, 0.3) is 0 Å². The molecule has 1 atom stereocenters. The van der Waals surface area contributed by atoms with E-state index in [0.29, 0.717) is 25.7 Å². The number of carbonyl (C=O) groups excluding carboxylic acids is 1. The zero-order valence-electron chi connectivity index (χ0n) is 12.2. The Balaban J connectivity index is 1.69. The van der Waals surface area contributed by atoms with Gasteiger partial charge in [0.25, 0.3) is 0 Å². The van der Waals surface area contributed by atoms with Gasteiger partial charge in [0.05, 0.1) is 11.2 Å². The van der Waals surface area contributed by atoms with Gasteiger partial charge in [-0.15, -0.1) is 0 Å². The van der Waals surface area contributed by atoms with Gasteiger partial charge in [-0.05, 0) is 37.5 Å². The molecule has 1 unspecified atom stereocenters. The Morgan fingerprint density at radius 2 is 1.82 bits per heavy atom. The van der Waals surface area contributed by atoms with E-state index in [-0.39, 0.29) is 19.5 Å². The third-order valence-corrected chi connectivity index (χ3v) is 7.52. The Hall–Kier alpha value is -0.790. The van der Waals surface area contributed by atoms with Gasteiger partial charge in [-0.2, -0.15) is 13.2 Å². The van der Waals surface area contributed by atoms with Crippen LogP contribution in [0, 0.1) is 11.3 Å². The molecule has 8 heteroatoms. The predicted octanol–water partition coefficient (Wildman–Crippen LogP) is 2.14. The Bertz CT molecular complexity index is 564. The quantitative estimate of drug-likeness (QED) is 0.792. The number of alkyl halides is 3. The first-order valence-electron chi connectivity index (χ1n) is 7.70. The van der Waals surface area contributed by atoms with Crippen molar-refractivity contribution in [2.75, 3.05) is 18.8 Å². The van der Waals surface area contributed by atoms with E-state index in [9.17, 15) is 26.4 Å². The summed E-state index contributed by atoms with van der Waals surface area (Å²) in [5, 5.41) is -0.415. The van der Waals surface area contributed by atoms with Crippen LogP contribution in [-0.2, 0) is 14.6 Å². The number of halogens is 3. The molecule has 2 saturated carbocycles. The van der Waals surface area contributed by atoms with Crippen molar-refractivity contribution in [1.29, 1.82) is 0 Å². The molecule has 0 aromatic rings. The normalized spacial score (nSPS) is 28.5. The molecular formula is C14H20F3NO3S. The SMILES string of the molecule is O=C(CS(=O)(=O)C1CC1)N1CCC(C(F)(F)F)C2(CCC2)C1. The molecule has 3 aliphatic rings. The maximum absolute atomic E-state index is 13.2. The van der Waals surface area contributed by atoms with E-state index < -0.39 is 44.3 Å². The molecule has 3 fully saturated rings. The number of hydrogen-bond donors (Lipinski definition) is 0. The van der Waals surface area contributed by atoms with Gasteiger partial charge in [-0.1, -0.05) is 6.42 Å². The van der Waals surface area contributed by atoms with E-state index in [4.69, 9.17) is 0 Å². The average Bonchev–Trinajstić information content (AvgIpc) is 3.18. The van der Waals surface area contributed by atoms with Crippen LogP contribution in [-0.4, -0.2) is 49.5 Å². The number of nitrogens with zero attached hydrogens (tertiary/aromatic N) is 1. The summed E-state index contributed by atoms with van der Waals surface area (Å²) in [5.41, 5.74) is -0.879. The second kappa shape index (κ2) is 5.11. The third kappa shape index (κ3) is 2.86. The zero-order valence-corrected chi connectivity index (χ0v) is 13.0. The third-order valence-electron chi connectivity index (χ3n) is 5.39. The van der Waals surface area contributed by atoms with Gasteiger partial charge in [-0.25, -0.2) is 8.42 Å². The van der Waals surface area contributed by atoms with E-state index in [2.05, 4.69) is 0 Å². The van der Waals surface area contributed by atoms with Crippen LogP contribution in [0.2, 0.25) is 0 Å². The van der Waals surface area contributed by atoms with Crippen molar-refractivity contribution in [3.8, 4) is 0 Å². The van der Waals surface area contributed by atoms with Crippen LogP contribution in [0.1, 0.15) is 38.5 Å². The molecule has 2 aliphatic carbocycles. The lowest BCUT2D eigenvalue weighted by molar-refractivity contribution is -0.237. The molecule has 1 saturated heterocycles. The minimum atomic E-state index is -4.24. The minimum Gasteiger partial charge on any atom is -0.341 e. The van der Waals surface area contributed by atoms with E-state index in [1.54, 1.807) is 0 Å². The molecular weight excluding hydrogens is 319 g/mol. The van der Waals surface area contributed by atoms with Crippen LogP contribution in [0.5, 0.6) is 0 Å². The molecule has 1 aliphatic heterocycles. The van der Waals surface area contributed by atoms with Crippen molar-refractivity contribution < 1.29 is 26.4 Å². The smallest absolute Gasteiger partial charge is 0.341 e. The molecule has 0 bridgehead atoms. The van der Waals surface area contributed by atoms with Gasteiger partial charge in [0, 0.05) is 13.1 Å². The summed E-state index contributed by atoms with van der Waals surface area (Å²) in [6.07, 6.45) is -1.48. The first kappa shape index (κ1) is 16.1. The number of likely N-dealkylation sites (tertiary alicyclic amines) is 1. The largest absolute Gasteiger partial charge is 0.392 e. The van der Waals surface area contributed by atoms with Crippen molar-refractivity contribution in [3.63, 3.8) is 0 Å². The number of sulfone groups is 1. The molecule has 22 heavy (non-hydrogen) atoms. The highest BCUT2D eigenvalue weighted by Gasteiger charge is 2.58. The summed E-state index contributed by atoms with van der Waals surface area (Å²) >= 11 is 0. The fraction of sp³-hybridized carbons (Fsp3) is 0.929. The molecule has 1 spiro atoms. The van der Waals surface area contributed by atoms with Gasteiger partial charge in [0.15, 0.2) is 9.84 Å². The highest BCUT2D eigenvalue weighted by molar-refractivity contribution is 7.93. The summed E-state index contributed by atoms with van der Waals surface area (Å²) in [5.74, 6) is -2.44. The molecule has 0 radical (unpaired) electrons. The van der Waals surface area contributed by atoms with Gasteiger partial charge in [0.1, 0.15) is 5.75 Å².